The van der Waals surface area contributed by atoms with Crippen LogP contribution in [-0.4, -0.2) is 24.3 Å². The normalized spacial score (nSPS) is 11.1. The van der Waals surface area contributed by atoms with E-state index in [9.17, 15) is 13.2 Å². The lowest BCUT2D eigenvalue weighted by Crippen LogP contribution is -2.16. The molecule has 2 N–H and O–H groups in total. The number of nitrogens with two attached hydrogens (primary N) is 1. The van der Waals surface area contributed by atoms with Crippen LogP contribution in [0.3, 0.4) is 0 Å². The van der Waals surface area contributed by atoms with Crippen LogP contribution in [0.5, 0.6) is 0 Å². The highest BCUT2D eigenvalue weighted by Gasteiger charge is 2.20. The zero-order chi connectivity index (χ0) is 13.2. The van der Waals surface area contributed by atoms with Gasteiger partial charge in [-0.05, 0) is 12.1 Å². The molecule has 1 aromatic carbocycles. The highest BCUT2D eigenvalue weighted by molar-refractivity contribution is 7.91. The van der Waals surface area contributed by atoms with Gasteiger partial charge in [0.2, 0.25) is 9.84 Å². The molecule has 7 heteroatoms. The molecule has 0 saturated heterocycles. The first kappa shape index (κ1) is 12.2. The lowest BCUT2D eigenvalue weighted by molar-refractivity contribution is 0.0994. The van der Waals surface area contributed by atoms with E-state index in [1.165, 1.54) is 12.1 Å². The molecule has 1 amide bonds. The van der Waals surface area contributed by atoms with Gasteiger partial charge >= 0.3 is 0 Å². The topological polar surface area (TPSA) is 103 Å². The lowest BCUT2D eigenvalue weighted by atomic mass is 10.4. The van der Waals surface area contributed by atoms with Crippen molar-refractivity contribution in [1.82, 2.24) is 9.97 Å². The molecular weight excluding hydrogens is 254 g/mol. The number of hydrogen-bond acceptors (Lipinski definition) is 5. The average Bonchev–Trinajstić information content (AvgIpc) is 2.40. The van der Waals surface area contributed by atoms with Gasteiger partial charge in [-0.1, -0.05) is 18.2 Å². The van der Waals surface area contributed by atoms with Crippen molar-refractivity contribution >= 4 is 15.7 Å². The second-order valence-electron chi connectivity index (χ2n) is 3.42. The minimum Gasteiger partial charge on any atom is -0.364 e. The van der Waals surface area contributed by atoms with Crippen molar-refractivity contribution in [1.29, 1.82) is 0 Å². The van der Waals surface area contributed by atoms with Crippen LogP contribution < -0.4 is 5.73 Å². The van der Waals surface area contributed by atoms with Crippen molar-refractivity contribution < 1.29 is 13.2 Å². The Labute approximate surface area is 103 Å². The number of hydrogen-bond donors (Lipinski definition) is 1. The van der Waals surface area contributed by atoms with Crippen molar-refractivity contribution in [3.05, 3.63) is 48.4 Å². The first-order chi connectivity index (χ1) is 8.51. The minimum atomic E-state index is -3.78. The summed E-state index contributed by atoms with van der Waals surface area (Å²) in [6.07, 6.45) is 2.20. The van der Waals surface area contributed by atoms with Gasteiger partial charge in [0, 0.05) is 0 Å². The van der Waals surface area contributed by atoms with E-state index in [0.717, 1.165) is 12.4 Å². The van der Waals surface area contributed by atoms with Gasteiger partial charge in [-0.2, -0.15) is 0 Å². The number of carbonyl (C=O) groups excluding carboxylic acids is 1. The maximum atomic E-state index is 12.2. The van der Waals surface area contributed by atoms with Gasteiger partial charge in [0.1, 0.15) is 5.69 Å². The largest absolute Gasteiger partial charge is 0.364 e. The van der Waals surface area contributed by atoms with Gasteiger partial charge in [0.15, 0.2) is 5.03 Å². The Hall–Kier alpha value is -2.28. The predicted molar refractivity (Wildman–Crippen MR) is 62.4 cm³/mol. The Balaban J connectivity index is 2.55. The molecule has 1 heterocycles. The zero-order valence-electron chi connectivity index (χ0n) is 9.15. The smallest absolute Gasteiger partial charge is 0.268 e. The molecule has 6 nitrogen and oxygen atoms in total. The summed E-state index contributed by atoms with van der Waals surface area (Å²) in [4.78, 5) is 18.4. The Morgan fingerprint density at radius 3 is 2.39 bits per heavy atom. The minimum absolute atomic E-state index is 0.0842. The molecule has 18 heavy (non-hydrogen) atoms. The average molecular weight is 263 g/mol. The van der Waals surface area contributed by atoms with Crippen LogP contribution in [0.25, 0.3) is 0 Å². The van der Waals surface area contributed by atoms with Crippen LogP contribution in [0.2, 0.25) is 0 Å². The van der Waals surface area contributed by atoms with E-state index in [-0.39, 0.29) is 15.6 Å². The van der Waals surface area contributed by atoms with E-state index in [2.05, 4.69) is 9.97 Å². The molecule has 0 fully saturated rings. The fourth-order valence-electron chi connectivity index (χ4n) is 1.32. The number of carbonyl (C=O) groups is 1. The molecule has 0 aliphatic carbocycles. The number of benzene rings is 1. The van der Waals surface area contributed by atoms with Crippen LogP contribution in [0.1, 0.15) is 10.5 Å². The standard InChI is InChI=1S/C11H9N3O3S/c12-11(15)9-6-13-7-10(14-9)18(16,17)8-4-2-1-3-5-8/h1-7H,(H2,12,15). The van der Waals surface area contributed by atoms with Gasteiger partial charge in [0.05, 0.1) is 17.3 Å². The maximum Gasteiger partial charge on any atom is 0.268 e. The summed E-state index contributed by atoms with van der Waals surface area (Å²) in [5, 5.41) is -0.301. The molecular formula is C11H9N3O3S. The van der Waals surface area contributed by atoms with Crippen molar-refractivity contribution in [3.8, 4) is 0 Å². The molecule has 0 unspecified atom stereocenters. The molecule has 2 rings (SSSR count). The summed E-state index contributed by atoms with van der Waals surface area (Å²) >= 11 is 0. The van der Waals surface area contributed by atoms with E-state index in [1.807, 2.05) is 0 Å². The molecule has 0 aliphatic rings. The second-order valence-corrected chi connectivity index (χ2v) is 5.32. The Morgan fingerprint density at radius 1 is 1.11 bits per heavy atom. The first-order valence-electron chi connectivity index (χ1n) is 4.94. The molecule has 92 valence electrons. The summed E-state index contributed by atoms with van der Waals surface area (Å²) in [5.41, 5.74) is 4.84. The van der Waals surface area contributed by atoms with Crippen LogP contribution in [-0.2, 0) is 9.84 Å². The number of sulfone groups is 1. The van der Waals surface area contributed by atoms with Crippen molar-refractivity contribution in [3.63, 3.8) is 0 Å². The Kier molecular flexibility index (Phi) is 3.07. The number of nitrogens with zero attached hydrogens (tertiary/aromatic N) is 2. The van der Waals surface area contributed by atoms with Crippen molar-refractivity contribution in [2.45, 2.75) is 9.92 Å². The highest BCUT2D eigenvalue weighted by Crippen LogP contribution is 2.17. The third-order valence-electron chi connectivity index (χ3n) is 2.19. The summed E-state index contributed by atoms with van der Waals surface area (Å²) in [6.45, 7) is 0. The van der Waals surface area contributed by atoms with Gasteiger partial charge in [-0.3, -0.25) is 9.78 Å². The SMILES string of the molecule is NC(=O)c1cncc(S(=O)(=O)c2ccccc2)n1. The lowest BCUT2D eigenvalue weighted by Gasteiger charge is -2.03. The van der Waals surface area contributed by atoms with Crippen molar-refractivity contribution in [2.24, 2.45) is 5.73 Å². The summed E-state index contributed by atoms with van der Waals surface area (Å²) in [6, 6.07) is 7.77. The van der Waals surface area contributed by atoms with E-state index >= 15 is 0 Å². The van der Waals surface area contributed by atoms with E-state index < -0.39 is 15.7 Å². The molecule has 0 spiro atoms. The number of aromatic nitrogens is 2. The van der Waals surface area contributed by atoms with Gasteiger partial charge in [0.25, 0.3) is 5.91 Å². The third kappa shape index (κ3) is 2.21. The van der Waals surface area contributed by atoms with Crippen molar-refractivity contribution in [2.75, 3.05) is 0 Å². The monoisotopic (exact) mass is 263 g/mol. The molecule has 0 atom stereocenters. The highest BCUT2D eigenvalue weighted by atomic mass is 32.2. The number of primary amides is 1. The Bertz CT molecular complexity index is 684. The van der Waals surface area contributed by atoms with Crippen LogP contribution >= 0.6 is 0 Å². The molecule has 2 aromatic rings. The molecule has 0 bridgehead atoms. The van der Waals surface area contributed by atoms with E-state index in [1.54, 1.807) is 18.2 Å². The zero-order valence-corrected chi connectivity index (χ0v) is 9.96. The molecule has 1 aromatic heterocycles. The summed E-state index contributed by atoms with van der Waals surface area (Å²) < 4.78 is 24.3. The van der Waals surface area contributed by atoms with E-state index in [0.29, 0.717) is 0 Å². The molecule has 0 saturated carbocycles. The molecule has 0 radical (unpaired) electrons. The molecule has 0 aliphatic heterocycles. The van der Waals surface area contributed by atoms with Crippen LogP contribution in [0.15, 0.2) is 52.6 Å². The van der Waals surface area contributed by atoms with Gasteiger partial charge < -0.3 is 5.73 Å². The second kappa shape index (κ2) is 4.53. The number of rotatable bonds is 3. The predicted octanol–water partition coefficient (Wildman–Crippen LogP) is 0.408. The number of amides is 1. The van der Waals surface area contributed by atoms with Gasteiger partial charge in [-0.15, -0.1) is 0 Å². The first-order valence-corrected chi connectivity index (χ1v) is 6.42. The van der Waals surface area contributed by atoms with Gasteiger partial charge in [-0.25, -0.2) is 13.4 Å². The van der Waals surface area contributed by atoms with Crippen LogP contribution in [0, 0.1) is 0 Å². The van der Waals surface area contributed by atoms with Crippen LogP contribution in [0.4, 0.5) is 0 Å². The fourth-order valence-corrected chi connectivity index (χ4v) is 2.49. The maximum absolute atomic E-state index is 12.2. The third-order valence-corrected chi connectivity index (χ3v) is 3.83. The van der Waals surface area contributed by atoms with E-state index in [4.69, 9.17) is 5.73 Å². The quantitative estimate of drug-likeness (QED) is 0.863. The summed E-state index contributed by atoms with van der Waals surface area (Å²) in [5.74, 6) is -0.826. The fraction of sp³-hybridized carbons (Fsp3) is 0. The summed E-state index contributed by atoms with van der Waals surface area (Å²) in [7, 11) is -3.78. The Morgan fingerprint density at radius 2 is 1.78 bits per heavy atom.